The fourth-order valence-electron chi connectivity index (χ4n) is 2.87. The Kier molecular flexibility index (Phi) is 5.68. The van der Waals surface area contributed by atoms with Gasteiger partial charge in [-0.2, -0.15) is 0 Å². The largest absolute Gasteiger partial charge is 0.496 e. The van der Waals surface area contributed by atoms with Crippen LogP contribution in [0.5, 0.6) is 11.5 Å². The topological polar surface area (TPSA) is 39.7 Å². The number of ether oxygens (including phenoxy) is 3. The van der Waals surface area contributed by atoms with E-state index in [1.54, 1.807) is 14.2 Å². The van der Waals surface area contributed by atoms with E-state index in [1.165, 1.54) is 0 Å². The number of hydrogen-bond donors (Lipinski definition) is 1. The molecule has 1 aromatic rings. The van der Waals surface area contributed by atoms with Gasteiger partial charge in [-0.05, 0) is 37.9 Å². The minimum Gasteiger partial charge on any atom is -0.496 e. The predicted octanol–water partition coefficient (Wildman–Crippen LogP) is 2.92. The summed E-state index contributed by atoms with van der Waals surface area (Å²) in [5.74, 6) is 1.74. The molecule has 0 bridgehead atoms. The third-order valence-corrected chi connectivity index (χ3v) is 3.79. The van der Waals surface area contributed by atoms with Crippen molar-refractivity contribution in [2.24, 2.45) is 0 Å². The van der Waals surface area contributed by atoms with Gasteiger partial charge in [0.2, 0.25) is 0 Å². The Labute approximate surface area is 121 Å². The van der Waals surface area contributed by atoms with Crippen LogP contribution in [-0.2, 0) is 4.74 Å². The molecule has 20 heavy (non-hydrogen) atoms. The van der Waals surface area contributed by atoms with Crippen LogP contribution in [0.25, 0.3) is 0 Å². The van der Waals surface area contributed by atoms with E-state index in [9.17, 15) is 0 Å². The average molecular weight is 279 g/mol. The molecule has 1 aromatic carbocycles. The molecule has 0 saturated carbocycles. The molecule has 112 valence electrons. The summed E-state index contributed by atoms with van der Waals surface area (Å²) in [5, 5.41) is 3.54. The van der Waals surface area contributed by atoms with E-state index in [-0.39, 0.29) is 6.04 Å². The first-order valence-corrected chi connectivity index (χ1v) is 7.36. The van der Waals surface area contributed by atoms with E-state index in [1.807, 2.05) is 18.2 Å². The van der Waals surface area contributed by atoms with Crippen LogP contribution < -0.4 is 14.8 Å². The molecule has 1 aliphatic rings. The Morgan fingerprint density at radius 1 is 1.30 bits per heavy atom. The van der Waals surface area contributed by atoms with Gasteiger partial charge in [-0.25, -0.2) is 0 Å². The van der Waals surface area contributed by atoms with Crippen LogP contribution >= 0.6 is 0 Å². The molecule has 0 aliphatic carbocycles. The summed E-state index contributed by atoms with van der Waals surface area (Å²) in [5.41, 5.74) is 1.09. The number of nitrogens with one attached hydrogen (secondary N) is 1. The van der Waals surface area contributed by atoms with Crippen LogP contribution in [-0.4, -0.2) is 33.5 Å². The molecule has 0 spiro atoms. The summed E-state index contributed by atoms with van der Waals surface area (Å²) in [7, 11) is 3.40. The molecule has 0 radical (unpaired) electrons. The maximum Gasteiger partial charge on any atom is 0.127 e. The van der Waals surface area contributed by atoms with Crippen LogP contribution in [0.15, 0.2) is 18.2 Å². The van der Waals surface area contributed by atoms with Crippen molar-refractivity contribution in [3.63, 3.8) is 0 Å². The van der Waals surface area contributed by atoms with Gasteiger partial charge in [0.25, 0.3) is 0 Å². The fraction of sp³-hybridized carbons (Fsp3) is 0.625. The number of rotatable bonds is 7. The molecular weight excluding hydrogens is 254 g/mol. The smallest absolute Gasteiger partial charge is 0.127 e. The van der Waals surface area contributed by atoms with Gasteiger partial charge in [0.05, 0.1) is 25.9 Å². The van der Waals surface area contributed by atoms with Crippen molar-refractivity contribution >= 4 is 0 Å². The molecule has 4 heteroatoms. The second-order valence-corrected chi connectivity index (χ2v) is 5.06. The Bertz CT molecular complexity index is 394. The molecule has 1 fully saturated rings. The number of methoxy groups -OCH3 is 2. The zero-order chi connectivity index (χ0) is 14.4. The summed E-state index contributed by atoms with van der Waals surface area (Å²) < 4.78 is 16.8. The lowest BCUT2D eigenvalue weighted by Gasteiger charge is -2.25. The van der Waals surface area contributed by atoms with Gasteiger partial charge in [-0.3, -0.25) is 0 Å². The van der Waals surface area contributed by atoms with Crippen LogP contribution in [0.1, 0.15) is 37.8 Å². The molecule has 2 atom stereocenters. The lowest BCUT2D eigenvalue weighted by molar-refractivity contribution is 0.0942. The van der Waals surface area contributed by atoms with E-state index >= 15 is 0 Å². The Hall–Kier alpha value is -1.26. The van der Waals surface area contributed by atoms with Gasteiger partial charge >= 0.3 is 0 Å². The van der Waals surface area contributed by atoms with Gasteiger partial charge in [0.15, 0.2) is 0 Å². The minimum atomic E-state index is 0.189. The summed E-state index contributed by atoms with van der Waals surface area (Å²) in [6.07, 6.45) is 3.57. The van der Waals surface area contributed by atoms with Crippen molar-refractivity contribution in [3.8, 4) is 11.5 Å². The molecule has 2 unspecified atom stereocenters. The first kappa shape index (κ1) is 15.1. The zero-order valence-electron chi connectivity index (χ0n) is 12.6. The van der Waals surface area contributed by atoms with Crippen molar-refractivity contribution in [1.82, 2.24) is 5.32 Å². The van der Waals surface area contributed by atoms with Crippen molar-refractivity contribution in [2.45, 2.75) is 38.3 Å². The SMILES string of the molecule is CCNC(CC1CCCO1)c1c(OC)cccc1OC. The zero-order valence-corrected chi connectivity index (χ0v) is 12.6. The number of hydrogen-bond acceptors (Lipinski definition) is 4. The highest BCUT2D eigenvalue weighted by Crippen LogP contribution is 2.37. The Morgan fingerprint density at radius 3 is 2.50 bits per heavy atom. The average Bonchev–Trinajstić information content (AvgIpc) is 2.99. The van der Waals surface area contributed by atoms with Crippen molar-refractivity contribution < 1.29 is 14.2 Å². The normalized spacial score (nSPS) is 19.9. The third-order valence-electron chi connectivity index (χ3n) is 3.79. The summed E-state index contributed by atoms with van der Waals surface area (Å²) in [6, 6.07) is 6.11. The predicted molar refractivity (Wildman–Crippen MR) is 79.6 cm³/mol. The monoisotopic (exact) mass is 279 g/mol. The molecule has 0 aromatic heterocycles. The molecule has 2 rings (SSSR count). The van der Waals surface area contributed by atoms with Gasteiger partial charge in [-0.15, -0.1) is 0 Å². The summed E-state index contributed by atoms with van der Waals surface area (Å²) in [6.45, 7) is 3.90. The van der Waals surface area contributed by atoms with E-state index in [2.05, 4.69) is 12.2 Å². The summed E-state index contributed by atoms with van der Waals surface area (Å²) >= 11 is 0. The van der Waals surface area contributed by atoms with E-state index in [0.717, 1.165) is 49.5 Å². The Morgan fingerprint density at radius 2 is 2.00 bits per heavy atom. The highest BCUT2D eigenvalue weighted by molar-refractivity contribution is 5.47. The van der Waals surface area contributed by atoms with Crippen molar-refractivity contribution in [2.75, 3.05) is 27.4 Å². The second kappa shape index (κ2) is 7.50. The lowest BCUT2D eigenvalue weighted by atomic mass is 9.97. The van der Waals surface area contributed by atoms with Crippen LogP contribution in [0.2, 0.25) is 0 Å². The summed E-state index contributed by atoms with van der Waals surface area (Å²) in [4.78, 5) is 0. The molecule has 1 saturated heterocycles. The molecule has 1 aliphatic heterocycles. The quantitative estimate of drug-likeness (QED) is 0.833. The van der Waals surface area contributed by atoms with Crippen LogP contribution in [0.4, 0.5) is 0 Å². The maximum atomic E-state index is 5.78. The first-order valence-electron chi connectivity index (χ1n) is 7.36. The van der Waals surface area contributed by atoms with Crippen molar-refractivity contribution in [1.29, 1.82) is 0 Å². The van der Waals surface area contributed by atoms with Gasteiger partial charge < -0.3 is 19.5 Å². The van der Waals surface area contributed by atoms with Crippen molar-refractivity contribution in [3.05, 3.63) is 23.8 Å². The Balaban J connectivity index is 2.26. The first-order chi connectivity index (χ1) is 9.80. The number of benzene rings is 1. The van der Waals surface area contributed by atoms with Crippen LogP contribution in [0, 0.1) is 0 Å². The molecule has 1 heterocycles. The lowest BCUT2D eigenvalue weighted by Crippen LogP contribution is -2.26. The van der Waals surface area contributed by atoms with E-state index < -0.39 is 0 Å². The minimum absolute atomic E-state index is 0.189. The molecular formula is C16H25NO3. The maximum absolute atomic E-state index is 5.78. The van der Waals surface area contributed by atoms with Crippen LogP contribution in [0.3, 0.4) is 0 Å². The van der Waals surface area contributed by atoms with Gasteiger partial charge in [0, 0.05) is 12.6 Å². The fourth-order valence-corrected chi connectivity index (χ4v) is 2.87. The molecule has 1 N–H and O–H groups in total. The molecule has 4 nitrogen and oxygen atoms in total. The van der Waals surface area contributed by atoms with Gasteiger partial charge in [0.1, 0.15) is 11.5 Å². The highest BCUT2D eigenvalue weighted by Gasteiger charge is 2.26. The highest BCUT2D eigenvalue weighted by atomic mass is 16.5. The van der Waals surface area contributed by atoms with E-state index in [0.29, 0.717) is 6.10 Å². The van der Waals surface area contributed by atoms with E-state index in [4.69, 9.17) is 14.2 Å². The standard InChI is InChI=1S/C16H25NO3/c1-4-17-13(11-12-7-6-10-20-12)16-14(18-2)8-5-9-15(16)19-3/h5,8-9,12-13,17H,4,6-7,10-11H2,1-3H3. The third kappa shape index (κ3) is 3.44. The molecule has 0 amide bonds. The van der Waals surface area contributed by atoms with Gasteiger partial charge in [-0.1, -0.05) is 13.0 Å². The second-order valence-electron chi connectivity index (χ2n) is 5.06.